The van der Waals surface area contributed by atoms with Crippen LogP contribution in [-0.4, -0.2) is 30.6 Å². The van der Waals surface area contributed by atoms with Crippen molar-refractivity contribution >= 4 is 11.8 Å². The first-order chi connectivity index (χ1) is 6.58. The number of ether oxygens (including phenoxy) is 1. The molecule has 80 valence electrons. The van der Waals surface area contributed by atoms with E-state index in [4.69, 9.17) is 10.5 Å². The molecule has 0 aromatic carbocycles. The van der Waals surface area contributed by atoms with Crippen molar-refractivity contribution in [1.82, 2.24) is 5.32 Å². The molecule has 0 aromatic rings. The van der Waals surface area contributed by atoms with Gasteiger partial charge in [0.15, 0.2) is 0 Å². The van der Waals surface area contributed by atoms with E-state index in [1.165, 1.54) is 0 Å². The Labute approximate surface area is 83.0 Å². The number of hydrogen-bond acceptors (Lipinski definition) is 3. The highest BCUT2D eigenvalue weighted by Crippen LogP contribution is 2.20. The van der Waals surface area contributed by atoms with Gasteiger partial charge in [-0.3, -0.25) is 9.59 Å². The summed E-state index contributed by atoms with van der Waals surface area (Å²) >= 11 is 0. The minimum atomic E-state index is -0.530. The number of rotatable bonds is 5. The van der Waals surface area contributed by atoms with Crippen LogP contribution in [0, 0.1) is 0 Å². The van der Waals surface area contributed by atoms with E-state index in [1.54, 1.807) is 0 Å². The third kappa shape index (κ3) is 2.70. The fourth-order valence-electron chi connectivity index (χ4n) is 1.49. The Morgan fingerprint density at radius 2 is 2.14 bits per heavy atom. The van der Waals surface area contributed by atoms with Gasteiger partial charge in [0.25, 0.3) is 0 Å². The smallest absolute Gasteiger partial charge is 0.220 e. The summed E-state index contributed by atoms with van der Waals surface area (Å²) in [6, 6.07) is 0. The molecule has 1 heterocycles. The van der Waals surface area contributed by atoms with Gasteiger partial charge >= 0.3 is 0 Å². The van der Waals surface area contributed by atoms with Gasteiger partial charge < -0.3 is 15.8 Å². The molecule has 5 heteroatoms. The highest BCUT2D eigenvalue weighted by molar-refractivity contribution is 5.80. The molecule has 0 radical (unpaired) electrons. The summed E-state index contributed by atoms with van der Waals surface area (Å²) in [6.45, 7) is 2.69. The number of hydrogen-bond donors (Lipinski definition) is 2. The summed E-state index contributed by atoms with van der Waals surface area (Å²) in [6.07, 6.45) is 1.42. The van der Waals surface area contributed by atoms with Gasteiger partial charge in [0.2, 0.25) is 11.8 Å². The number of nitrogens with two attached hydrogens (primary N) is 1. The first kappa shape index (κ1) is 11.0. The molecule has 0 bridgehead atoms. The topological polar surface area (TPSA) is 81.4 Å². The highest BCUT2D eigenvalue weighted by atomic mass is 16.5. The van der Waals surface area contributed by atoms with Crippen LogP contribution < -0.4 is 11.1 Å². The fraction of sp³-hybridized carbons (Fsp3) is 0.778. The standard InChI is InChI=1S/C9H16N2O3/c1-2-3-8(13)11-9(4-7(10)12)5-14-6-9/h2-6H2,1H3,(H2,10,12)(H,11,13). The number of nitrogens with one attached hydrogen (secondary N) is 1. The lowest BCUT2D eigenvalue weighted by molar-refractivity contribution is -0.138. The van der Waals surface area contributed by atoms with Gasteiger partial charge in [-0.1, -0.05) is 6.92 Å². The molecule has 0 aromatic heterocycles. The number of amides is 2. The maximum atomic E-state index is 11.3. The van der Waals surface area contributed by atoms with E-state index in [-0.39, 0.29) is 12.3 Å². The average molecular weight is 200 g/mol. The molecule has 0 aliphatic carbocycles. The van der Waals surface area contributed by atoms with Crippen molar-refractivity contribution < 1.29 is 14.3 Å². The number of carbonyl (C=O) groups excluding carboxylic acids is 2. The van der Waals surface area contributed by atoms with Crippen molar-refractivity contribution in [3.8, 4) is 0 Å². The third-order valence-corrected chi connectivity index (χ3v) is 2.15. The molecule has 0 spiro atoms. The average Bonchev–Trinajstić information content (AvgIpc) is 1.99. The molecule has 1 aliphatic rings. The van der Waals surface area contributed by atoms with Gasteiger partial charge in [-0.15, -0.1) is 0 Å². The summed E-state index contributed by atoms with van der Waals surface area (Å²) in [7, 11) is 0. The lowest BCUT2D eigenvalue weighted by Crippen LogP contribution is -2.63. The summed E-state index contributed by atoms with van der Waals surface area (Å²) in [4.78, 5) is 22.1. The first-order valence-corrected chi connectivity index (χ1v) is 4.75. The molecule has 1 aliphatic heterocycles. The Morgan fingerprint density at radius 3 is 2.50 bits per heavy atom. The lowest BCUT2D eigenvalue weighted by atomic mass is 9.92. The Kier molecular flexibility index (Phi) is 3.46. The van der Waals surface area contributed by atoms with E-state index in [0.717, 1.165) is 6.42 Å². The second-order valence-electron chi connectivity index (χ2n) is 3.71. The minimum Gasteiger partial charge on any atom is -0.376 e. The predicted octanol–water partition coefficient (Wildman–Crippen LogP) is -0.453. The van der Waals surface area contributed by atoms with E-state index in [2.05, 4.69) is 5.32 Å². The molecule has 1 saturated heterocycles. The highest BCUT2D eigenvalue weighted by Gasteiger charge is 2.41. The van der Waals surface area contributed by atoms with E-state index in [1.807, 2.05) is 6.92 Å². The quantitative estimate of drug-likeness (QED) is 0.630. The molecule has 14 heavy (non-hydrogen) atoms. The van der Waals surface area contributed by atoms with Crippen molar-refractivity contribution in [3.05, 3.63) is 0 Å². The van der Waals surface area contributed by atoms with Gasteiger partial charge in [-0.25, -0.2) is 0 Å². The predicted molar refractivity (Wildman–Crippen MR) is 50.4 cm³/mol. The molecule has 0 unspecified atom stereocenters. The maximum absolute atomic E-state index is 11.3. The Balaban J connectivity index is 2.45. The van der Waals surface area contributed by atoms with Crippen LogP contribution in [0.2, 0.25) is 0 Å². The van der Waals surface area contributed by atoms with Crippen LogP contribution in [0.15, 0.2) is 0 Å². The van der Waals surface area contributed by atoms with Crippen LogP contribution in [0.25, 0.3) is 0 Å². The molecule has 0 saturated carbocycles. The van der Waals surface area contributed by atoms with Crippen LogP contribution in [0.4, 0.5) is 0 Å². The molecule has 2 amide bonds. The van der Waals surface area contributed by atoms with Crippen molar-refractivity contribution in [2.75, 3.05) is 13.2 Å². The van der Waals surface area contributed by atoms with Gasteiger partial charge in [-0.05, 0) is 6.42 Å². The largest absolute Gasteiger partial charge is 0.376 e. The molecular weight excluding hydrogens is 184 g/mol. The first-order valence-electron chi connectivity index (χ1n) is 4.75. The Hall–Kier alpha value is -1.10. The van der Waals surface area contributed by atoms with Gasteiger partial charge in [0.05, 0.1) is 25.2 Å². The van der Waals surface area contributed by atoms with Gasteiger partial charge in [-0.2, -0.15) is 0 Å². The monoisotopic (exact) mass is 200 g/mol. The maximum Gasteiger partial charge on any atom is 0.220 e. The van der Waals surface area contributed by atoms with E-state index >= 15 is 0 Å². The Morgan fingerprint density at radius 1 is 1.50 bits per heavy atom. The SMILES string of the molecule is CCCC(=O)NC1(CC(N)=O)COC1. The van der Waals surface area contributed by atoms with Crippen molar-refractivity contribution in [2.45, 2.75) is 31.7 Å². The Bertz CT molecular complexity index is 236. The normalized spacial score (nSPS) is 18.4. The van der Waals surface area contributed by atoms with Crippen molar-refractivity contribution in [2.24, 2.45) is 5.73 Å². The molecule has 0 atom stereocenters. The van der Waals surface area contributed by atoms with Gasteiger partial charge in [0.1, 0.15) is 0 Å². The number of primary amides is 1. The van der Waals surface area contributed by atoms with Crippen LogP contribution in [0.1, 0.15) is 26.2 Å². The van der Waals surface area contributed by atoms with Crippen LogP contribution >= 0.6 is 0 Å². The fourth-order valence-corrected chi connectivity index (χ4v) is 1.49. The second-order valence-corrected chi connectivity index (χ2v) is 3.71. The second kappa shape index (κ2) is 4.41. The van der Waals surface area contributed by atoms with Gasteiger partial charge in [0, 0.05) is 6.42 Å². The van der Waals surface area contributed by atoms with E-state index < -0.39 is 11.4 Å². The molecule has 5 nitrogen and oxygen atoms in total. The molecular formula is C9H16N2O3. The zero-order valence-electron chi connectivity index (χ0n) is 8.34. The van der Waals surface area contributed by atoms with E-state index in [9.17, 15) is 9.59 Å². The summed E-state index contributed by atoms with van der Waals surface area (Å²) in [5.41, 5.74) is 4.56. The molecule has 1 rings (SSSR count). The van der Waals surface area contributed by atoms with E-state index in [0.29, 0.717) is 19.6 Å². The molecule has 1 fully saturated rings. The lowest BCUT2D eigenvalue weighted by Gasteiger charge is -2.41. The molecule has 3 N–H and O–H groups in total. The zero-order chi connectivity index (χ0) is 10.6. The summed E-state index contributed by atoms with van der Waals surface area (Å²) in [5.74, 6) is -0.456. The van der Waals surface area contributed by atoms with Crippen molar-refractivity contribution in [3.63, 3.8) is 0 Å². The van der Waals surface area contributed by atoms with Crippen molar-refractivity contribution in [1.29, 1.82) is 0 Å². The van der Waals surface area contributed by atoms with Crippen LogP contribution in [0.5, 0.6) is 0 Å². The number of carbonyl (C=O) groups is 2. The minimum absolute atomic E-state index is 0.0444. The third-order valence-electron chi connectivity index (χ3n) is 2.15. The summed E-state index contributed by atoms with van der Waals surface area (Å²) < 4.78 is 5.00. The zero-order valence-corrected chi connectivity index (χ0v) is 8.34. The van der Waals surface area contributed by atoms with Crippen LogP contribution in [0.3, 0.4) is 0 Å². The van der Waals surface area contributed by atoms with Crippen LogP contribution in [-0.2, 0) is 14.3 Å². The summed E-state index contributed by atoms with van der Waals surface area (Å²) in [5, 5.41) is 2.80.